The van der Waals surface area contributed by atoms with Crippen molar-refractivity contribution in [2.75, 3.05) is 13.2 Å². The highest BCUT2D eigenvalue weighted by atomic mass is 32.2. The van der Waals surface area contributed by atoms with Crippen LogP contribution in [0.1, 0.15) is 51.9 Å². The molecule has 0 spiro atoms. The Labute approximate surface area is 179 Å². The summed E-state index contributed by atoms with van der Waals surface area (Å²) in [5.41, 5.74) is 3.33. The van der Waals surface area contributed by atoms with E-state index >= 15 is 0 Å². The molecule has 0 radical (unpaired) electrons. The van der Waals surface area contributed by atoms with Gasteiger partial charge in [-0.05, 0) is 56.0 Å². The minimum Gasteiger partial charge on any atom is -0.380 e. The maximum Gasteiger partial charge on any atom is 0.107 e. The summed E-state index contributed by atoms with van der Waals surface area (Å²) >= 11 is 1.68. The van der Waals surface area contributed by atoms with Crippen LogP contribution in [0, 0.1) is 6.92 Å². The Kier molecular flexibility index (Phi) is 10.2. The van der Waals surface area contributed by atoms with Gasteiger partial charge in [-0.15, -0.1) is 0 Å². The monoisotopic (exact) mass is 414 g/mol. The summed E-state index contributed by atoms with van der Waals surface area (Å²) in [4.78, 5) is 9.97. The van der Waals surface area contributed by atoms with Gasteiger partial charge in [0.1, 0.15) is 11.3 Å². The van der Waals surface area contributed by atoms with Gasteiger partial charge < -0.3 is 9.30 Å². The van der Waals surface area contributed by atoms with Gasteiger partial charge in [0.25, 0.3) is 0 Å². The molecule has 1 N–H and O–H groups in total. The molecule has 0 fully saturated rings. The second kappa shape index (κ2) is 12.6. The lowest BCUT2D eigenvalue weighted by Crippen LogP contribution is -2.28. The second-order valence-electron chi connectivity index (χ2n) is 6.62. The van der Waals surface area contributed by atoms with Gasteiger partial charge >= 0.3 is 0 Å². The predicted molar refractivity (Wildman–Crippen MR) is 123 cm³/mol. The minimum atomic E-state index is 0.383. The number of fused-ring (bicyclic) bond motifs is 1. The van der Waals surface area contributed by atoms with E-state index in [1.54, 1.807) is 11.9 Å². The number of nitrogens with zero attached hydrogens (tertiary/aromatic N) is 3. The molecule has 5 nitrogen and oxygen atoms in total. The molecule has 1 unspecified atom stereocenters. The number of aryl methyl sites for hydroxylation is 1. The van der Waals surface area contributed by atoms with Crippen molar-refractivity contribution in [2.24, 2.45) is 0 Å². The normalized spacial score (nSPS) is 11.9. The summed E-state index contributed by atoms with van der Waals surface area (Å²) in [6.45, 7) is 12.6. The van der Waals surface area contributed by atoms with Crippen LogP contribution in [0.25, 0.3) is 11.0 Å². The smallest absolute Gasteiger partial charge is 0.107 e. The first-order valence-electron chi connectivity index (χ1n) is 10.6. The maximum atomic E-state index is 5.57. The van der Waals surface area contributed by atoms with Crippen molar-refractivity contribution in [3.8, 4) is 0 Å². The first-order chi connectivity index (χ1) is 14.2. The van der Waals surface area contributed by atoms with E-state index in [0.29, 0.717) is 6.04 Å². The third-order valence-corrected chi connectivity index (χ3v) is 5.47. The zero-order valence-electron chi connectivity index (χ0n) is 18.3. The lowest BCUT2D eigenvalue weighted by molar-refractivity contribution is 0.127. The van der Waals surface area contributed by atoms with Gasteiger partial charge in [-0.25, -0.2) is 4.98 Å². The Morgan fingerprint density at radius 2 is 1.90 bits per heavy atom. The Morgan fingerprint density at radius 3 is 2.59 bits per heavy atom. The van der Waals surface area contributed by atoms with Crippen molar-refractivity contribution >= 4 is 23.0 Å². The largest absolute Gasteiger partial charge is 0.380 e. The maximum absolute atomic E-state index is 5.57. The summed E-state index contributed by atoms with van der Waals surface area (Å²) in [5, 5.41) is 0. The molecule has 3 aromatic rings. The Bertz CT molecular complexity index is 848. The molecule has 1 aromatic carbocycles. The molecule has 2 aromatic heterocycles. The van der Waals surface area contributed by atoms with Crippen LogP contribution in [-0.4, -0.2) is 33.8 Å². The van der Waals surface area contributed by atoms with Crippen molar-refractivity contribution in [3.05, 3.63) is 54.1 Å². The molecule has 0 aliphatic carbocycles. The summed E-state index contributed by atoms with van der Waals surface area (Å²) in [7, 11) is 0. The van der Waals surface area contributed by atoms with Crippen LogP contribution in [0.15, 0.2) is 47.6 Å². The highest BCUT2D eigenvalue weighted by Crippen LogP contribution is 2.20. The summed E-state index contributed by atoms with van der Waals surface area (Å²) in [6, 6.07) is 11.1. The van der Waals surface area contributed by atoms with E-state index in [9.17, 15) is 0 Å². The number of aromatic nitrogens is 3. The van der Waals surface area contributed by atoms with Gasteiger partial charge in [-0.3, -0.25) is 9.71 Å². The summed E-state index contributed by atoms with van der Waals surface area (Å²) in [6.07, 6.45) is 5.91. The van der Waals surface area contributed by atoms with Gasteiger partial charge in [0.2, 0.25) is 0 Å². The molecule has 0 saturated heterocycles. The number of hydrogen-bond acceptors (Lipinski definition) is 5. The van der Waals surface area contributed by atoms with E-state index in [0.717, 1.165) is 49.5 Å². The third kappa shape index (κ3) is 6.84. The number of nitrogens with one attached hydrogen (secondary N) is 1. The lowest BCUT2D eigenvalue weighted by atomic mass is 10.2. The Hall–Kier alpha value is -1.89. The molecule has 2 heterocycles. The fourth-order valence-corrected chi connectivity index (χ4v) is 3.84. The van der Waals surface area contributed by atoms with Crippen molar-refractivity contribution in [1.82, 2.24) is 19.3 Å². The number of benzene rings is 1. The lowest BCUT2D eigenvalue weighted by Gasteiger charge is -2.17. The van der Waals surface area contributed by atoms with Crippen LogP contribution in [0.2, 0.25) is 0 Å². The average Bonchev–Trinajstić information content (AvgIpc) is 3.07. The fraction of sp³-hybridized carbons (Fsp3) is 0.478. The van der Waals surface area contributed by atoms with E-state index in [2.05, 4.69) is 50.4 Å². The number of hydrogen-bond donors (Lipinski definition) is 1. The minimum absolute atomic E-state index is 0.383. The number of pyridine rings is 1. The molecule has 6 heteroatoms. The fourth-order valence-electron chi connectivity index (χ4n) is 3.08. The molecule has 0 aliphatic rings. The van der Waals surface area contributed by atoms with Crippen molar-refractivity contribution in [2.45, 2.75) is 64.9 Å². The van der Waals surface area contributed by atoms with Gasteiger partial charge in [0.05, 0.1) is 18.3 Å². The molecular formula is C23H34N4OS. The zero-order chi connectivity index (χ0) is 21.1. The van der Waals surface area contributed by atoms with Crippen molar-refractivity contribution in [3.63, 3.8) is 0 Å². The molecule has 1 atom stereocenters. The Morgan fingerprint density at radius 1 is 1.14 bits per heavy atom. The SMILES string of the molecule is CC.CCCC(COCC)NSc1ccc(Cn2c(C)nc3cnccc32)cc1. The summed E-state index contributed by atoms with van der Waals surface area (Å²) in [5.74, 6) is 1.01. The van der Waals surface area contributed by atoms with E-state index in [1.807, 2.05) is 46.2 Å². The topological polar surface area (TPSA) is 52.0 Å². The van der Waals surface area contributed by atoms with E-state index < -0.39 is 0 Å². The van der Waals surface area contributed by atoms with Gasteiger partial charge in [0, 0.05) is 30.3 Å². The van der Waals surface area contributed by atoms with Crippen LogP contribution in [-0.2, 0) is 11.3 Å². The molecule has 0 bridgehead atoms. The van der Waals surface area contributed by atoms with Crippen LogP contribution in [0.4, 0.5) is 0 Å². The van der Waals surface area contributed by atoms with E-state index in [4.69, 9.17) is 4.74 Å². The molecule has 0 aliphatic heterocycles. The number of imidazole rings is 1. The second-order valence-corrected chi connectivity index (χ2v) is 7.53. The van der Waals surface area contributed by atoms with E-state index in [-0.39, 0.29) is 0 Å². The molecule has 0 saturated carbocycles. The van der Waals surface area contributed by atoms with Gasteiger partial charge in [0.15, 0.2) is 0 Å². The molecule has 158 valence electrons. The highest BCUT2D eigenvalue weighted by molar-refractivity contribution is 7.97. The zero-order valence-corrected chi connectivity index (χ0v) is 19.1. The van der Waals surface area contributed by atoms with Crippen LogP contribution in [0.5, 0.6) is 0 Å². The first-order valence-corrected chi connectivity index (χ1v) is 11.4. The Balaban J connectivity index is 0.00000145. The standard InChI is InChI=1S/C21H28N4OS.C2H6/c1-4-6-18(15-26-5-2)24-27-19-9-7-17(8-10-19)14-25-16(3)23-20-13-22-12-11-21(20)25;1-2/h7-13,18,24H,4-6,14-15H2,1-3H3;1-2H3. The molecule has 3 rings (SSSR count). The van der Waals surface area contributed by atoms with E-state index in [1.165, 1.54) is 10.5 Å². The molecule has 0 amide bonds. The van der Waals surface area contributed by atoms with Crippen LogP contribution < -0.4 is 4.72 Å². The van der Waals surface area contributed by atoms with Gasteiger partial charge in [-0.1, -0.05) is 39.3 Å². The quantitative estimate of drug-likeness (QED) is 0.437. The van der Waals surface area contributed by atoms with Crippen molar-refractivity contribution < 1.29 is 4.74 Å². The predicted octanol–water partition coefficient (Wildman–Crippen LogP) is 5.62. The molecular weight excluding hydrogens is 380 g/mol. The third-order valence-electron chi connectivity index (χ3n) is 4.51. The van der Waals surface area contributed by atoms with Crippen LogP contribution in [0.3, 0.4) is 0 Å². The molecule has 29 heavy (non-hydrogen) atoms. The van der Waals surface area contributed by atoms with Crippen molar-refractivity contribution in [1.29, 1.82) is 0 Å². The average molecular weight is 415 g/mol. The van der Waals surface area contributed by atoms with Gasteiger partial charge in [-0.2, -0.15) is 0 Å². The van der Waals surface area contributed by atoms with Crippen LogP contribution >= 0.6 is 11.9 Å². The number of ether oxygens (including phenoxy) is 1. The first kappa shape index (κ1) is 23.4. The summed E-state index contributed by atoms with van der Waals surface area (Å²) < 4.78 is 11.3. The highest BCUT2D eigenvalue weighted by Gasteiger charge is 2.09. The number of rotatable bonds is 10.